The Hall–Kier alpha value is -2.11. The lowest BCUT2D eigenvalue weighted by Crippen LogP contribution is -2.31. The Morgan fingerprint density at radius 3 is 2.89 bits per heavy atom. The third-order valence-electron chi connectivity index (χ3n) is 3.18. The van der Waals surface area contributed by atoms with E-state index in [-0.39, 0.29) is 5.91 Å². The van der Waals surface area contributed by atoms with Gasteiger partial charge in [-0.15, -0.1) is 0 Å². The van der Waals surface area contributed by atoms with Gasteiger partial charge < -0.3 is 14.4 Å². The summed E-state index contributed by atoms with van der Waals surface area (Å²) in [5.41, 5.74) is 0.497. The molecular formula is C13H17N2O4+. The van der Waals surface area contributed by atoms with Gasteiger partial charge in [0, 0.05) is 37.6 Å². The zero-order valence-electron chi connectivity index (χ0n) is 11.3. The maximum Gasteiger partial charge on any atom is 0.352 e. The molecule has 6 nitrogen and oxygen atoms in total. The molecule has 1 aliphatic heterocycles. The molecule has 1 aliphatic rings. The number of ether oxygens (including phenoxy) is 2. The van der Waals surface area contributed by atoms with Crippen LogP contribution in [0.1, 0.15) is 13.3 Å². The molecule has 102 valence electrons. The van der Waals surface area contributed by atoms with Crippen LogP contribution < -0.4 is 9.47 Å². The number of benzene rings is 1. The van der Waals surface area contributed by atoms with E-state index in [1.54, 1.807) is 37.3 Å². The molecule has 19 heavy (non-hydrogen) atoms. The minimum Gasteiger partial charge on any atom is -0.497 e. The van der Waals surface area contributed by atoms with Gasteiger partial charge in [-0.25, -0.2) is 0 Å². The van der Waals surface area contributed by atoms with Crippen molar-refractivity contribution in [3.63, 3.8) is 0 Å². The van der Waals surface area contributed by atoms with Crippen LogP contribution in [0, 0.1) is 4.91 Å². The zero-order chi connectivity index (χ0) is 14.0. The smallest absolute Gasteiger partial charge is 0.352 e. The van der Waals surface area contributed by atoms with E-state index in [1.807, 2.05) is 0 Å². The fourth-order valence-corrected chi connectivity index (χ4v) is 1.89. The van der Waals surface area contributed by atoms with Crippen LogP contribution in [0.3, 0.4) is 0 Å². The molecule has 0 bridgehead atoms. The first-order valence-corrected chi connectivity index (χ1v) is 6.05. The average molecular weight is 265 g/mol. The van der Waals surface area contributed by atoms with Crippen molar-refractivity contribution in [2.75, 3.05) is 20.7 Å². The van der Waals surface area contributed by atoms with Crippen molar-refractivity contribution in [2.24, 2.45) is 0 Å². The standard InChI is InChI=1S/C13H17N2O4/c1-9(16)14(2)7-6-13-15(17)11-5-4-10(18-3)8-12(11)19-13/h4-5,8,13H,6-7H2,1-3H3/q+1. The summed E-state index contributed by atoms with van der Waals surface area (Å²) in [6.45, 7) is 1.97. The topological polar surface area (TPSA) is 58.9 Å². The summed E-state index contributed by atoms with van der Waals surface area (Å²) in [6.07, 6.45) is -0.139. The minimum atomic E-state index is -0.594. The Bertz CT molecular complexity index is 515. The monoisotopic (exact) mass is 265 g/mol. The summed E-state index contributed by atoms with van der Waals surface area (Å²) in [5.74, 6) is 1.13. The molecule has 1 aromatic rings. The Morgan fingerprint density at radius 2 is 2.26 bits per heavy atom. The molecule has 1 unspecified atom stereocenters. The molecule has 1 heterocycles. The Labute approximate surface area is 111 Å². The summed E-state index contributed by atoms with van der Waals surface area (Å²) in [7, 11) is 3.26. The second kappa shape index (κ2) is 5.26. The molecule has 0 radical (unpaired) electrons. The Morgan fingerprint density at radius 1 is 1.53 bits per heavy atom. The van der Waals surface area contributed by atoms with E-state index in [9.17, 15) is 9.70 Å². The summed E-state index contributed by atoms with van der Waals surface area (Å²) in [4.78, 5) is 24.7. The van der Waals surface area contributed by atoms with Gasteiger partial charge in [0.05, 0.1) is 18.3 Å². The molecule has 0 aromatic heterocycles. The number of nitrogens with zero attached hydrogens (tertiary/aromatic N) is 2. The van der Waals surface area contributed by atoms with Crippen molar-refractivity contribution in [2.45, 2.75) is 19.6 Å². The Balaban J connectivity index is 2.04. The maximum atomic E-state index is 12.0. The molecule has 1 amide bonds. The van der Waals surface area contributed by atoms with Gasteiger partial charge in [-0.3, -0.25) is 4.79 Å². The second-order valence-electron chi connectivity index (χ2n) is 4.46. The lowest BCUT2D eigenvalue weighted by atomic mass is 10.3. The molecular weight excluding hydrogens is 248 g/mol. The first-order valence-electron chi connectivity index (χ1n) is 6.05. The molecule has 1 atom stereocenters. The molecule has 0 N–H and O–H groups in total. The number of amides is 1. The third-order valence-corrected chi connectivity index (χ3v) is 3.18. The highest BCUT2D eigenvalue weighted by atomic mass is 16.5. The fraction of sp³-hybridized carbons (Fsp3) is 0.462. The molecule has 1 aromatic carbocycles. The predicted molar refractivity (Wildman–Crippen MR) is 68.6 cm³/mol. The minimum absolute atomic E-state index is 0.0328. The fourth-order valence-electron chi connectivity index (χ4n) is 1.89. The summed E-state index contributed by atoms with van der Waals surface area (Å²) >= 11 is 0. The van der Waals surface area contributed by atoms with Gasteiger partial charge in [0.1, 0.15) is 5.75 Å². The second-order valence-corrected chi connectivity index (χ2v) is 4.46. The summed E-state index contributed by atoms with van der Waals surface area (Å²) in [6, 6.07) is 5.09. The maximum absolute atomic E-state index is 12.0. The number of carbonyl (C=O) groups is 1. The van der Waals surface area contributed by atoms with Crippen LogP contribution in [0.15, 0.2) is 18.2 Å². The van der Waals surface area contributed by atoms with Crippen molar-refractivity contribution in [3.8, 4) is 11.5 Å². The first-order chi connectivity index (χ1) is 9.02. The molecule has 0 fully saturated rings. The third kappa shape index (κ3) is 2.67. The van der Waals surface area contributed by atoms with E-state index < -0.39 is 6.23 Å². The van der Waals surface area contributed by atoms with Crippen LogP contribution in [0.25, 0.3) is 0 Å². The lowest BCUT2D eigenvalue weighted by Gasteiger charge is -2.14. The van der Waals surface area contributed by atoms with Gasteiger partial charge in [-0.05, 0) is 6.07 Å². The normalized spacial score (nSPS) is 16.8. The van der Waals surface area contributed by atoms with Crippen molar-refractivity contribution < 1.29 is 19.0 Å². The number of hydrogen-bond acceptors (Lipinski definition) is 4. The number of methoxy groups -OCH3 is 1. The van der Waals surface area contributed by atoms with Gasteiger partial charge in [0.2, 0.25) is 11.7 Å². The summed E-state index contributed by atoms with van der Waals surface area (Å²) in [5, 5.41) is 0. The summed E-state index contributed by atoms with van der Waals surface area (Å²) < 4.78 is 11.5. The quantitative estimate of drug-likeness (QED) is 0.777. The van der Waals surface area contributed by atoms with Crippen LogP contribution in [0.2, 0.25) is 0 Å². The molecule has 0 aliphatic carbocycles. The van der Waals surface area contributed by atoms with Crippen LogP contribution >= 0.6 is 0 Å². The number of carbonyl (C=O) groups excluding carboxylic acids is 1. The largest absolute Gasteiger partial charge is 0.497 e. The van der Waals surface area contributed by atoms with Crippen LogP contribution in [-0.4, -0.2) is 42.5 Å². The average Bonchev–Trinajstić information content (AvgIpc) is 2.72. The van der Waals surface area contributed by atoms with E-state index in [0.29, 0.717) is 30.2 Å². The van der Waals surface area contributed by atoms with E-state index in [4.69, 9.17) is 9.47 Å². The lowest BCUT2D eigenvalue weighted by molar-refractivity contribution is -0.529. The molecule has 0 saturated carbocycles. The zero-order valence-corrected chi connectivity index (χ0v) is 11.3. The molecule has 0 spiro atoms. The SMILES string of the molecule is COc1ccc2c(c1)OC(CCN(C)C(C)=O)[N+]2=O. The van der Waals surface area contributed by atoms with E-state index in [0.717, 1.165) is 4.76 Å². The Kier molecular flexibility index (Phi) is 3.69. The van der Waals surface area contributed by atoms with E-state index >= 15 is 0 Å². The van der Waals surface area contributed by atoms with E-state index in [1.165, 1.54) is 6.92 Å². The van der Waals surface area contributed by atoms with Gasteiger partial charge in [0.25, 0.3) is 0 Å². The predicted octanol–water partition coefficient (Wildman–Crippen LogP) is 1.69. The molecule has 0 saturated heterocycles. The number of rotatable bonds is 4. The highest BCUT2D eigenvalue weighted by Crippen LogP contribution is 2.38. The van der Waals surface area contributed by atoms with Crippen molar-refractivity contribution in [3.05, 3.63) is 23.1 Å². The number of hydrogen-bond donors (Lipinski definition) is 0. The van der Waals surface area contributed by atoms with Crippen LogP contribution in [0.4, 0.5) is 5.69 Å². The number of nitroso groups, excluding NO2 is 1. The van der Waals surface area contributed by atoms with Gasteiger partial charge in [-0.1, -0.05) is 0 Å². The molecule has 2 rings (SSSR count). The van der Waals surface area contributed by atoms with E-state index in [2.05, 4.69) is 0 Å². The van der Waals surface area contributed by atoms with Gasteiger partial charge in [0.15, 0.2) is 0 Å². The van der Waals surface area contributed by atoms with Crippen molar-refractivity contribution in [1.82, 2.24) is 4.90 Å². The molecule has 6 heteroatoms. The first kappa shape index (κ1) is 13.3. The number of fused-ring (bicyclic) bond motifs is 1. The van der Waals surface area contributed by atoms with Gasteiger partial charge >= 0.3 is 11.9 Å². The highest BCUT2D eigenvalue weighted by molar-refractivity contribution is 5.72. The van der Waals surface area contributed by atoms with Crippen molar-refractivity contribution >= 4 is 11.6 Å². The van der Waals surface area contributed by atoms with Crippen LogP contribution in [0.5, 0.6) is 11.5 Å². The van der Waals surface area contributed by atoms with Gasteiger partial charge in [-0.2, -0.15) is 0 Å². The highest BCUT2D eigenvalue weighted by Gasteiger charge is 2.40. The van der Waals surface area contributed by atoms with Crippen molar-refractivity contribution in [1.29, 1.82) is 0 Å². The van der Waals surface area contributed by atoms with Crippen LogP contribution in [-0.2, 0) is 4.79 Å².